The molecule has 6 heteroatoms. The number of furan rings is 1. The minimum absolute atomic E-state index is 0.0299. The molecule has 1 aromatic heterocycles. The van der Waals surface area contributed by atoms with E-state index >= 15 is 0 Å². The van der Waals surface area contributed by atoms with Crippen LogP contribution in [0.15, 0.2) is 41.0 Å². The van der Waals surface area contributed by atoms with E-state index in [1.807, 2.05) is 13.0 Å². The Hall–Kier alpha value is -2.50. The Labute approximate surface area is 110 Å². The maximum atomic E-state index is 11.0. The van der Waals surface area contributed by atoms with Gasteiger partial charge in [-0.25, -0.2) is 0 Å². The Morgan fingerprint density at radius 1 is 1.42 bits per heavy atom. The van der Waals surface area contributed by atoms with Crippen LogP contribution in [0.2, 0.25) is 0 Å². The van der Waals surface area contributed by atoms with Crippen LogP contribution in [0.4, 0.5) is 11.4 Å². The van der Waals surface area contributed by atoms with E-state index in [4.69, 9.17) is 9.15 Å². The largest absolute Gasteiger partial charge is 0.496 e. The van der Waals surface area contributed by atoms with Crippen molar-refractivity contribution in [1.82, 2.24) is 0 Å². The molecular weight excluding hydrogens is 248 g/mol. The van der Waals surface area contributed by atoms with E-state index in [0.717, 1.165) is 0 Å². The van der Waals surface area contributed by atoms with E-state index in [-0.39, 0.29) is 11.7 Å². The zero-order valence-corrected chi connectivity index (χ0v) is 10.6. The van der Waals surface area contributed by atoms with Crippen LogP contribution in [0.1, 0.15) is 18.7 Å². The summed E-state index contributed by atoms with van der Waals surface area (Å²) in [6, 6.07) is 8.10. The zero-order chi connectivity index (χ0) is 13.8. The summed E-state index contributed by atoms with van der Waals surface area (Å²) >= 11 is 0. The highest BCUT2D eigenvalue weighted by Crippen LogP contribution is 2.31. The highest BCUT2D eigenvalue weighted by atomic mass is 16.6. The Morgan fingerprint density at radius 2 is 2.21 bits per heavy atom. The molecule has 0 amide bonds. The molecule has 0 saturated heterocycles. The fourth-order valence-electron chi connectivity index (χ4n) is 1.75. The predicted octanol–water partition coefficient (Wildman–Crippen LogP) is 3.37. The maximum Gasteiger partial charge on any atom is 0.296 e. The summed E-state index contributed by atoms with van der Waals surface area (Å²) in [4.78, 5) is 10.6. The summed E-state index contributed by atoms with van der Waals surface area (Å²) in [5, 5.41) is 14.1. The van der Waals surface area contributed by atoms with Crippen LogP contribution in [0, 0.1) is 10.1 Å². The Balaban J connectivity index is 2.27. The summed E-state index contributed by atoms with van der Waals surface area (Å²) in [5.74, 6) is 1.16. The average Bonchev–Trinajstić information content (AvgIpc) is 2.92. The van der Waals surface area contributed by atoms with E-state index in [2.05, 4.69) is 5.32 Å². The van der Waals surface area contributed by atoms with Gasteiger partial charge in [-0.2, -0.15) is 0 Å². The second kappa shape index (κ2) is 5.43. The normalized spacial score (nSPS) is 11.9. The van der Waals surface area contributed by atoms with Crippen LogP contribution in [0.5, 0.6) is 5.75 Å². The number of anilines is 1. The van der Waals surface area contributed by atoms with Gasteiger partial charge in [0.05, 0.1) is 30.4 Å². The van der Waals surface area contributed by atoms with Crippen LogP contribution in [0.25, 0.3) is 0 Å². The van der Waals surface area contributed by atoms with Gasteiger partial charge in [0.1, 0.15) is 17.2 Å². The first-order valence-corrected chi connectivity index (χ1v) is 5.74. The third kappa shape index (κ3) is 2.85. The summed E-state index contributed by atoms with van der Waals surface area (Å²) < 4.78 is 10.2. The number of nitrogens with zero attached hydrogens (tertiary/aromatic N) is 1. The molecule has 0 aliphatic carbocycles. The van der Waals surface area contributed by atoms with Crippen LogP contribution >= 0.6 is 0 Å². The van der Waals surface area contributed by atoms with Gasteiger partial charge in [0.15, 0.2) is 0 Å². The van der Waals surface area contributed by atoms with Crippen LogP contribution in [-0.2, 0) is 0 Å². The van der Waals surface area contributed by atoms with E-state index in [1.54, 1.807) is 24.5 Å². The van der Waals surface area contributed by atoms with Crippen molar-refractivity contribution in [3.63, 3.8) is 0 Å². The van der Waals surface area contributed by atoms with Crippen molar-refractivity contribution in [3.8, 4) is 5.75 Å². The summed E-state index contributed by atoms with van der Waals surface area (Å²) in [7, 11) is 1.47. The number of hydrogen-bond acceptors (Lipinski definition) is 5. The number of nitrogens with one attached hydrogen (secondary N) is 1. The Bertz CT molecular complexity index is 566. The first kappa shape index (κ1) is 12.9. The molecule has 0 aliphatic rings. The minimum atomic E-state index is -0.445. The molecule has 1 atom stereocenters. The molecule has 0 spiro atoms. The van der Waals surface area contributed by atoms with Gasteiger partial charge in [-0.05, 0) is 31.2 Å². The molecule has 1 N–H and O–H groups in total. The lowest BCUT2D eigenvalue weighted by Gasteiger charge is -2.13. The molecule has 1 aromatic carbocycles. The standard InChI is InChI=1S/C13H14N2O4/c1-9(13-4-3-7-19-13)14-11-6-5-10(18-2)8-12(11)15(16)17/h3-9,14H,1-2H3. The van der Waals surface area contributed by atoms with Gasteiger partial charge in [0.2, 0.25) is 0 Å². The lowest BCUT2D eigenvalue weighted by atomic mass is 10.2. The highest BCUT2D eigenvalue weighted by Gasteiger charge is 2.18. The van der Waals surface area contributed by atoms with Gasteiger partial charge in [-0.3, -0.25) is 10.1 Å². The fourth-order valence-corrected chi connectivity index (χ4v) is 1.75. The van der Waals surface area contributed by atoms with Gasteiger partial charge in [0, 0.05) is 0 Å². The summed E-state index contributed by atoms with van der Waals surface area (Å²) in [6.07, 6.45) is 1.57. The second-order valence-electron chi connectivity index (χ2n) is 4.02. The molecule has 0 aliphatic heterocycles. The van der Waals surface area contributed by atoms with E-state index < -0.39 is 4.92 Å². The molecule has 2 aromatic rings. The molecule has 6 nitrogen and oxygen atoms in total. The van der Waals surface area contributed by atoms with Crippen LogP contribution in [0.3, 0.4) is 0 Å². The maximum absolute atomic E-state index is 11.0. The van der Waals surface area contributed by atoms with Crippen molar-refractivity contribution < 1.29 is 14.1 Å². The molecular formula is C13H14N2O4. The molecule has 0 fully saturated rings. The topological polar surface area (TPSA) is 77.5 Å². The van der Waals surface area contributed by atoms with Crippen molar-refractivity contribution in [2.75, 3.05) is 12.4 Å². The van der Waals surface area contributed by atoms with Crippen molar-refractivity contribution in [2.45, 2.75) is 13.0 Å². The van der Waals surface area contributed by atoms with E-state index in [9.17, 15) is 10.1 Å². The second-order valence-corrected chi connectivity index (χ2v) is 4.02. The zero-order valence-electron chi connectivity index (χ0n) is 10.6. The molecule has 1 heterocycles. The SMILES string of the molecule is COc1ccc(NC(C)c2ccco2)c([N+](=O)[O-])c1. The molecule has 2 rings (SSSR count). The molecule has 1 unspecified atom stereocenters. The molecule has 100 valence electrons. The number of nitro benzene ring substituents is 1. The van der Waals surface area contributed by atoms with Crippen molar-refractivity contribution in [2.24, 2.45) is 0 Å². The number of nitro groups is 1. The molecule has 0 saturated carbocycles. The van der Waals surface area contributed by atoms with Gasteiger partial charge in [-0.1, -0.05) is 0 Å². The van der Waals surface area contributed by atoms with Crippen LogP contribution in [-0.4, -0.2) is 12.0 Å². The number of ether oxygens (including phenoxy) is 1. The highest BCUT2D eigenvalue weighted by molar-refractivity contribution is 5.64. The van der Waals surface area contributed by atoms with Gasteiger partial charge < -0.3 is 14.5 Å². The predicted molar refractivity (Wildman–Crippen MR) is 70.4 cm³/mol. The van der Waals surface area contributed by atoms with Crippen molar-refractivity contribution >= 4 is 11.4 Å². The molecule has 19 heavy (non-hydrogen) atoms. The van der Waals surface area contributed by atoms with Gasteiger partial charge in [-0.15, -0.1) is 0 Å². The smallest absolute Gasteiger partial charge is 0.296 e. The van der Waals surface area contributed by atoms with Crippen LogP contribution < -0.4 is 10.1 Å². The first-order chi connectivity index (χ1) is 9.11. The molecule has 0 bridgehead atoms. The monoisotopic (exact) mass is 262 g/mol. The first-order valence-electron chi connectivity index (χ1n) is 5.74. The minimum Gasteiger partial charge on any atom is -0.496 e. The lowest BCUT2D eigenvalue weighted by molar-refractivity contribution is -0.384. The number of hydrogen-bond donors (Lipinski definition) is 1. The number of benzene rings is 1. The number of methoxy groups -OCH3 is 1. The van der Waals surface area contributed by atoms with E-state index in [1.165, 1.54) is 13.2 Å². The summed E-state index contributed by atoms with van der Waals surface area (Å²) in [6.45, 7) is 1.87. The average molecular weight is 262 g/mol. The molecule has 0 radical (unpaired) electrons. The quantitative estimate of drug-likeness (QED) is 0.660. The Kier molecular flexibility index (Phi) is 3.70. The van der Waals surface area contributed by atoms with Gasteiger partial charge >= 0.3 is 0 Å². The third-order valence-electron chi connectivity index (χ3n) is 2.74. The Morgan fingerprint density at radius 3 is 2.79 bits per heavy atom. The third-order valence-corrected chi connectivity index (χ3v) is 2.74. The van der Waals surface area contributed by atoms with Crippen molar-refractivity contribution in [1.29, 1.82) is 0 Å². The van der Waals surface area contributed by atoms with E-state index in [0.29, 0.717) is 17.2 Å². The van der Waals surface area contributed by atoms with Gasteiger partial charge in [0.25, 0.3) is 5.69 Å². The van der Waals surface area contributed by atoms with Crippen molar-refractivity contribution in [3.05, 3.63) is 52.5 Å². The summed E-state index contributed by atoms with van der Waals surface area (Å²) in [5.41, 5.74) is 0.396. The number of rotatable bonds is 5. The fraction of sp³-hybridized carbons (Fsp3) is 0.231. The lowest BCUT2D eigenvalue weighted by Crippen LogP contribution is -2.07.